The Labute approximate surface area is 128 Å². The molecule has 3 nitrogen and oxygen atoms in total. The summed E-state index contributed by atoms with van der Waals surface area (Å²) < 4.78 is 11.6. The van der Waals surface area contributed by atoms with Gasteiger partial charge in [-0.3, -0.25) is 0 Å². The van der Waals surface area contributed by atoms with Crippen molar-refractivity contribution in [2.45, 2.75) is 45.6 Å². The average Bonchev–Trinajstić information content (AvgIpc) is 2.78. The van der Waals surface area contributed by atoms with Crippen molar-refractivity contribution in [3.05, 3.63) is 23.8 Å². The Morgan fingerprint density at radius 1 is 1.19 bits per heavy atom. The Hall–Kier alpha value is -1.22. The molecule has 1 aliphatic carbocycles. The predicted molar refractivity (Wildman–Crippen MR) is 85.0 cm³/mol. The molecule has 0 radical (unpaired) electrons. The van der Waals surface area contributed by atoms with Gasteiger partial charge in [0, 0.05) is 12.5 Å². The van der Waals surface area contributed by atoms with Crippen molar-refractivity contribution in [3.63, 3.8) is 0 Å². The largest absolute Gasteiger partial charge is 0.490 e. The molecule has 0 aromatic heterocycles. The zero-order chi connectivity index (χ0) is 14.7. The van der Waals surface area contributed by atoms with E-state index in [1.807, 2.05) is 0 Å². The quantitative estimate of drug-likeness (QED) is 0.911. The van der Waals surface area contributed by atoms with Crippen molar-refractivity contribution in [3.8, 4) is 11.5 Å². The number of benzene rings is 1. The second kappa shape index (κ2) is 6.69. The molecule has 3 rings (SSSR count). The van der Waals surface area contributed by atoms with Gasteiger partial charge in [-0.25, -0.2) is 0 Å². The first-order valence-electron chi connectivity index (χ1n) is 8.41. The van der Waals surface area contributed by atoms with Crippen molar-refractivity contribution in [2.75, 3.05) is 19.8 Å². The maximum Gasteiger partial charge on any atom is 0.161 e. The fraction of sp³-hybridized carbons (Fsp3) is 0.667. The summed E-state index contributed by atoms with van der Waals surface area (Å²) in [5.74, 6) is 3.41. The van der Waals surface area contributed by atoms with E-state index in [1.165, 1.54) is 24.8 Å². The van der Waals surface area contributed by atoms with E-state index in [0.717, 1.165) is 49.5 Å². The van der Waals surface area contributed by atoms with E-state index in [9.17, 15) is 0 Å². The molecule has 1 aliphatic heterocycles. The third kappa shape index (κ3) is 3.34. The molecule has 1 saturated carbocycles. The van der Waals surface area contributed by atoms with Crippen LogP contribution in [0.4, 0.5) is 0 Å². The van der Waals surface area contributed by atoms with Gasteiger partial charge < -0.3 is 14.8 Å². The third-order valence-corrected chi connectivity index (χ3v) is 4.76. The highest BCUT2D eigenvalue weighted by Crippen LogP contribution is 2.41. The van der Waals surface area contributed by atoms with Gasteiger partial charge in [-0.1, -0.05) is 26.3 Å². The van der Waals surface area contributed by atoms with E-state index in [1.54, 1.807) is 0 Å². The van der Waals surface area contributed by atoms with Gasteiger partial charge in [-0.05, 0) is 48.9 Å². The maximum atomic E-state index is 5.85. The van der Waals surface area contributed by atoms with Gasteiger partial charge >= 0.3 is 0 Å². The maximum absolute atomic E-state index is 5.85. The summed E-state index contributed by atoms with van der Waals surface area (Å²) in [6, 6.07) is 6.93. The van der Waals surface area contributed by atoms with Crippen molar-refractivity contribution in [1.82, 2.24) is 5.32 Å². The van der Waals surface area contributed by atoms with Gasteiger partial charge in [-0.2, -0.15) is 0 Å². The summed E-state index contributed by atoms with van der Waals surface area (Å²) in [5, 5.41) is 3.69. The van der Waals surface area contributed by atoms with Crippen LogP contribution in [0.5, 0.6) is 11.5 Å². The first-order chi connectivity index (χ1) is 10.3. The summed E-state index contributed by atoms with van der Waals surface area (Å²) in [7, 11) is 0. The monoisotopic (exact) mass is 289 g/mol. The lowest BCUT2D eigenvalue weighted by Crippen LogP contribution is -2.27. The second-order valence-corrected chi connectivity index (χ2v) is 6.47. The number of ether oxygens (including phenoxy) is 2. The number of nitrogens with one attached hydrogen (secondary N) is 1. The predicted octanol–water partition coefficient (Wildman–Crippen LogP) is 3.93. The molecule has 0 saturated heterocycles. The molecule has 0 bridgehead atoms. The highest BCUT2D eigenvalue weighted by molar-refractivity contribution is 5.44. The van der Waals surface area contributed by atoms with E-state index in [0.29, 0.717) is 6.04 Å². The number of rotatable bonds is 4. The van der Waals surface area contributed by atoms with Crippen molar-refractivity contribution < 1.29 is 9.47 Å². The lowest BCUT2D eigenvalue weighted by atomic mass is 9.90. The first kappa shape index (κ1) is 14.7. The van der Waals surface area contributed by atoms with Crippen LogP contribution in [0, 0.1) is 11.8 Å². The molecule has 3 unspecified atom stereocenters. The molecule has 1 fully saturated rings. The Balaban J connectivity index is 1.83. The van der Waals surface area contributed by atoms with Gasteiger partial charge in [0.15, 0.2) is 11.5 Å². The van der Waals surface area contributed by atoms with Gasteiger partial charge in [0.05, 0.1) is 13.2 Å². The van der Waals surface area contributed by atoms with E-state index in [4.69, 9.17) is 9.47 Å². The molecule has 1 heterocycles. The molecule has 0 amide bonds. The van der Waals surface area contributed by atoms with E-state index in [-0.39, 0.29) is 0 Å². The van der Waals surface area contributed by atoms with Crippen LogP contribution in [0.1, 0.15) is 51.1 Å². The van der Waals surface area contributed by atoms with Crippen LogP contribution in [-0.4, -0.2) is 19.8 Å². The van der Waals surface area contributed by atoms with E-state index >= 15 is 0 Å². The van der Waals surface area contributed by atoms with Crippen molar-refractivity contribution >= 4 is 0 Å². The molecular formula is C18H27NO2. The Kier molecular flexibility index (Phi) is 4.69. The van der Waals surface area contributed by atoms with Crippen LogP contribution < -0.4 is 14.8 Å². The smallest absolute Gasteiger partial charge is 0.161 e. The molecule has 2 aliphatic rings. The molecule has 116 valence electrons. The zero-order valence-corrected chi connectivity index (χ0v) is 13.2. The molecule has 0 spiro atoms. The number of hydrogen-bond donors (Lipinski definition) is 1. The summed E-state index contributed by atoms with van der Waals surface area (Å²) in [4.78, 5) is 0. The highest BCUT2D eigenvalue weighted by Gasteiger charge is 2.30. The Morgan fingerprint density at radius 3 is 2.71 bits per heavy atom. The first-order valence-corrected chi connectivity index (χ1v) is 8.41. The van der Waals surface area contributed by atoms with Gasteiger partial charge in [0.2, 0.25) is 0 Å². The Bertz CT molecular complexity index is 474. The zero-order valence-electron chi connectivity index (χ0n) is 13.2. The summed E-state index contributed by atoms with van der Waals surface area (Å²) in [6.07, 6.45) is 4.97. The van der Waals surface area contributed by atoms with Crippen LogP contribution in [0.15, 0.2) is 18.2 Å². The minimum absolute atomic E-state index is 0.442. The van der Waals surface area contributed by atoms with Gasteiger partial charge in [-0.15, -0.1) is 0 Å². The van der Waals surface area contributed by atoms with Crippen LogP contribution >= 0.6 is 0 Å². The number of fused-ring (bicyclic) bond motifs is 1. The molecule has 1 aromatic rings. The van der Waals surface area contributed by atoms with E-state index in [2.05, 4.69) is 37.4 Å². The fourth-order valence-electron chi connectivity index (χ4n) is 3.70. The Morgan fingerprint density at radius 2 is 2.00 bits per heavy atom. The van der Waals surface area contributed by atoms with Crippen LogP contribution in [0.3, 0.4) is 0 Å². The van der Waals surface area contributed by atoms with E-state index < -0.39 is 0 Å². The molecule has 3 atom stereocenters. The molecule has 3 heteroatoms. The fourth-order valence-corrected chi connectivity index (χ4v) is 3.70. The van der Waals surface area contributed by atoms with Crippen molar-refractivity contribution in [2.24, 2.45) is 11.8 Å². The standard InChI is InChI=1S/C18H27NO2/c1-3-19-18(14-6-5-13(2)11-14)15-7-8-16-17(12-15)21-10-4-9-20-16/h7-8,12-14,18-19H,3-6,9-11H2,1-2H3. The SMILES string of the molecule is CCNC(c1ccc2c(c1)OCCCO2)C1CCC(C)C1. The average molecular weight is 289 g/mol. The van der Waals surface area contributed by atoms with Gasteiger partial charge in [0.1, 0.15) is 0 Å². The van der Waals surface area contributed by atoms with Crippen LogP contribution in [0.2, 0.25) is 0 Å². The molecule has 21 heavy (non-hydrogen) atoms. The minimum atomic E-state index is 0.442. The molecule has 1 N–H and O–H groups in total. The summed E-state index contributed by atoms with van der Waals surface area (Å²) >= 11 is 0. The third-order valence-electron chi connectivity index (χ3n) is 4.76. The molecular weight excluding hydrogens is 262 g/mol. The minimum Gasteiger partial charge on any atom is -0.490 e. The lowest BCUT2D eigenvalue weighted by molar-refractivity contribution is 0.296. The lowest BCUT2D eigenvalue weighted by Gasteiger charge is -2.25. The topological polar surface area (TPSA) is 30.5 Å². The molecule has 1 aromatic carbocycles. The second-order valence-electron chi connectivity index (χ2n) is 6.47. The summed E-state index contributed by atoms with van der Waals surface area (Å²) in [5.41, 5.74) is 1.35. The van der Waals surface area contributed by atoms with Crippen molar-refractivity contribution in [1.29, 1.82) is 0 Å². The highest BCUT2D eigenvalue weighted by atomic mass is 16.5. The van der Waals surface area contributed by atoms with Crippen LogP contribution in [-0.2, 0) is 0 Å². The normalized spacial score (nSPS) is 26.4. The van der Waals surface area contributed by atoms with Crippen LogP contribution in [0.25, 0.3) is 0 Å². The van der Waals surface area contributed by atoms with Gasteiger partial charge in [0.25, 0.3) is 0 Å². The summed E-state index contributed by atoms with van der Waals surface area (Å²) in [6.45, 7) is 7.07. The number of hydrogen-bond acceptors (Lipinski definition) is 3.